The van der Waals surface area contributed by atoms with Crippen molar-refractivity contribution in [3.05, 3.63) is 58.1 Å². The fraction of sp³-hybridized carbons (Fsp3) is 0.133. The topological polar surface area (TPSA) is 75.3 Å². The number of anilines is 1. The van der Waals surface area contributed by atoms with E-state index in [2.05, 4.69) is 10.0 Å². The van der Waals surface area contributed by atoms with Gasteiger partial charge in [0, 0.05) is 5.69 Å². The van der Waals surface area contributed by atoms with Crippen LogP contribution in [0.15, 0.2) is 47.4 Å². The molecule has 0 heterocycles. The maximum absolute atomic E-state index is 12.0. The van der Waals surface area contributed by atoms with Gasteiger partial charge in [-0.3, -0.25) is 4.79 Å². The molecule has 0 fully saturated rings. The molecule has 2 aromatic rings. The van der Waals surface area contributed by atoms with Crippen LogP contribution >= 0.6 is 23.2 Å². The third-order valence-corrected chi connectivity index (χ3v) is 5.24. The molecule has 0 aliphatic rings. The Hall–Kier alpha value is -1.60. The highest BCUT2D eigenvalue weighted by atomic mass is 35.5. The zero-order valence-electron chi connectivity index (χ0n) is 12.1. The zero-order chi connectivity index (χ0) is 17.0. The van der Waals surface area contributed by atoms with E-state index in [9.17, 15) is 13.2 Å². The minimum Gasteiger partial charge on any atom is -0.326 e. The lowest BCUT2D eigenvalue weighted by molar-refractivity contribution is -0.115. The van der Waals surface area contributed by atoms with Crippen molar-refractivity contribution in [2.45, 2.75) is 11.3 Å². The van der Waals surface area contributed by atoms with Gasteiger partial charge >= 0.3 is 0 Å². The first kappa shape index (κ1) is 17.7. The van der Waals surface area contributed by atoms with Gasteiger partial charge in [0.2, 0.25) is 15.9 Å². The molecule has 8 heteroatoms. The van der Waals surface area contributed by atoms with E-state index >= 15 is 0 Å². The molecule has 0 bridgehead atoms. The number of amides is 1. The van der Waals surface area contributed by atoms with Crippen molar-refractivity contribution in [1.29, 1.82) is 0 Å². The molecule has 5 nitrogen and oxygen atoms in total. The number of carbonyl (C=O) groups is 1. The molecule has 0 spiro atoms. The second-order valence-corrected chi connectivity index (χ2v) is 7.41. The summed E-state index contributed by atoms with van der Waals surface area (Å²) in [7, 11) is -2.16. The summed E-state index contributed by atoms with van der Waals surface area (Å²) in [6.45, 7) is 0. The number of hydrogen-bond donors (Lipinski definition) is 2. The molecular formula is C15H14Cl2N2O3S. The summed E-state index contributed by atoms with van der Waals surface area (Å²) in [6.07, 6.45) is 0.132. The van der Waals surface area contributed by atoms with Crippen molar-refractivity contribution in [2.24, 2.45) is 0 Å². The molecule has 0 radical (unpaired) electrons. The fourth-order valence-electron chi connectivity index (χ4n) is 1.88. The van der Waals surface area contributed by atoms with Crippen LogP contribution in [0.4, 0.5) is 5.69 Å². The summed E-state index contributed by atoms with van der Waals surface area (Å²) in [5, 5.41) is 3.51. The summed E-state index contributed by atoms with van der Waals surface area (Å²) in [6, 6.07) is 10.9. The predicted molar refractivity (Wildman–Crippen MR) is 91.5 cm³/mol. The molecule has 1 amide bonds. The Morgan fingerprint density at radius 3 is 2.26 bits per heavy atom. The van der Waals surface area contributed by atoms with Gasteiger partial charge in [0.15, 0.2) is 0 Å². The van der Waals surface area contributed by atoms with Crippen LogP contribution < -0.4 is 10.0 Å². The third kappa shape index (κ3) is 4.68. The molecule has 0 atom stereocenters. The Bertz CT molecular complexity index is 821. The van der Waals surface area contributed by atoms with Gasteiger partial charge in [-0.25, -0.2) is 13.1 Å². The van der Waals surface area contributed by atoms with Gasteiger partial charge < -0.3 is 5.32 Å². The van der Waals surface area contributed by atoms with Crippen LogP contribution in [0.25, 0.3) is 0 Å². The molecule has 23 heavy (non-hydrogen) atoms. The quantitative estimate of drug-likeness (QED) is 0.846. The van der Waals surface area contributed by atoms with Gasteiger partial charge in [0.05, 0.1) is 21.4 Å². The minimum absolute atomic E-state index is 0.127. The number of hydrogen-bond acceptors (Lipinski definition) is 3. The molecule has 2 N–H and O–H groups in total. The van der Waals surface area contributed by atoms with Crippen LogP contribution in [0, 0.1) is 0 Å². The van der Waals surface area contributed by atoms with Gasteiger partial charge in [0.25, 0.3) is 0 Å². The monoisotopic (exact) mass is 372 g/mol. The lowest BCUT2D eigenvalue weighted by Crippen LogP contribution is -2.18. The van der Waals surface area contributed by atoms with Gasteiger partial charge in [-0.2, -0.15) is 0 Å². The van der Waals surface area contributed by atoms with Crippen LogP contribution in [0.1, 0.15) is 5.56 Å². The summed E-state index contributed by atoms with van der Waals surface area (Å²) in [5.74, 6) is -0.243. The average molecular weight is 373 g/mol. The Balaban J connectivity index is 2.04. The lowest BCUT2D eigenvalue weighted by Gasteiger charge is -2.07. The highest BCUT2D eigenvalue weighted by Crippen LogP contribution is 2.23. The SMILES string of the molecule is CNS(=O)(=O)c1ccc(NC(=O)Cc2ccc(Cl)c(Cl)c2)cc1. The largest absolute Gasteiger partial charge is 0.326 e. The maximum atomic E-state index is 12.0. The highest BCUT2D eigenvalue weighted by molar-refractivity contribution is 7.89. The number of sulfonamides is 1. The van der Waals surface area contributed by atoms with Crippen molar-refractivity contribution >= 4 is 44.8 Å². The first-order chi connectivity index (χ1) is 10.8. The normalized spacial score (nSPS) is 11.3. The lowest BCUT2D eigenvalue weighted by atomic mass is 10.1. The average Bonchev–Trinajstić information content (AvgIpc) is 2.51. The maximum Gasteiger partial charge on any atom is 0.240 e. The summed E-state index contributed by atoms with van der Waals surface area (Å²) < 4.78 is 25.4. The fourth-order valence-corrected chi connectivity index (χ4v) is 2.93. The van der Waals surface area contributed by atoms with E-state index in [1.807, 2.05) is 0 Å². The molecule has 0 saturated heterocycles. The molecule has 2 aromatic carbocycles. The number of halogens is 2. The van der Waals surface area contributed by atoms with Crippen molar-refractivity contribution in [3.8, 4) is 0 Å². The van der Waals surface area contributed by atoms with Crippen LogP contribution in [0.3, 0.4) is 0 Å². The molecular weight excluding hydrogens is 359 g/mol. The van der Waals surface area contributed by atoms with E-state index in [1.54, 1.807) is 18.2 Å². The number of carbonyl (C=O) groups excluding carboxylic acids is 1. The Morgan fingerprint density at radius 2 is 1.70 bits per heavy atom. The van der Waals surface area contributed by atoms with E-state index in [0.29, 0.717) is 15.7 Å². The van der Waals surface area contributed by atoms with E-state index < -0.39 is 10.0 Å². The number of nitrogens with one attached hydrogen (secondary N) is 2. The van der Waals surface area contributed by atoms with Crippen molar-refractivity contribution in [2.75, 3.05) is 12.4 Å². The predicted octanol–water partition coefficient (Wildman–Crippen LogP) is 3.08. The molecule has 0 saturated carbocycles. The van der Waals surface area contributed by atoms with Gasteiger partial charge in [-0.15, -0.1) is 0 Å². The highest BCUT2D eigenvalue weighted by Gasteiger charge is 2.11. The molecule has 122 valence electrons. The van der Waals surface area contributed by atoms with E-state index in [1.165, 1.54) is 31.3 Å². The van der Waals surface area contributed by atoms with Crippen molar-refractivity contribution < 1.29 is 13.2 Å². The van der Waals surface area contributed by atoms with Crippen LogP contribution in [-0.4, -0.2) is 21.4 Å². The zero-order valence-corrected chi connectivity index (χ0v) is 14.5. The summed E-state index contributed by atoms with van der Waals surface area (Å²) >= 11 is 11.7. The van der Waals surface area contributed by atoms with Gasteiger partial charge in [-0.1, -0.05) is 29.3 Å². The standard InChI is InChI=1S/C15H14Cl2N2O3S/c1-18-23(21,22)12-5-3-11(4-6-12)19-15(20)9-10-2-7-13(16)14(17)8-10/h2-8,18H,9H2,1H3,(H,19,20). The Kier molecular flexibility index (Phi) is 5.64. The van der Waals surface area contributed by atoms with Crippen molar-refractivity contribution in [3.63, 3.8) is 0 Å². The summed E-state index contributed by atoms with van der Waals surface area (Å²) in [5.41, 5.74) is 1.23. The molecule has 0 aliphatic heterocycles. The van der Waals surface area contributed by atoms with Crippen LogP contribution in [0.2, 0.25) is 10.0 Å². The van der Waals surface area contributed by atoms with E-state index in [4.69, 9.17) is 23.2 Å². The van der Waals surface area contributed by atoms with Crippen molar-refractivity contribution in [1.82, 2.24) is 4.72 Å². The first-order valence-electron chi connectivity index (χ1n) is 6.59. The van der Waals surface area contributed by atoms with Gasteiger partial charge in [0.1, 0.15) is 0 Å². The second kappa shape index (κ2) is 7.31. The minimum atomic E-state index is -3.49. The number of benzene rings is 2. The smallest absolute Gasteiger partial charge is 0.240 e. The van der Waals surface area contributed by atoms with E-state index in [-0.39, 0.29) is 17.2 Å². The van der Waals surface area contributed by atoms with E-state index in [0.717, 1.165) is 5.56 Å². The third-order valence-electron chi connectivity index (χ3n) is 3.07. The second-order valence-electron chi connectivity index (χ2n) is 4.71. The Morgan fingerprint density at radius 1 is 1.04 bits per heavy atom. The summed E-state index contributed by atoms with van der Waals surface area (Å²) in [4.78, 5) is 12.1. The first-order valence-corrected chi connectivity index (χ1v) is 8.83. The van der Waals surface area contributed by atoms with Crippen LogP contribution in [-0.2, 0) is 21.2 Å². The molecule has 0 aromatic heterocycles. The number of rotatable bonds is 5. The van der Waals surface area contributed by atoms with Gasteiger partial charge in [-0.05, 0) is 49.0 Å². The molecule has 0 unspecified atom stereocenters. The Labute approximate surface area is 144 Å². The molecule has 2 rings (SSSR count). The van der Waals surface area contributed by atoms with Crippen LogP contribution in [0.5, 0.6) is 0 Å². The molecule has 0 aliphatic carbocycles.